The molecule has 1 aliphatic heterocycles. The highest BCUT2D eigenvalue weighted by Gasteiger charge is 2.35. The molecule has 8 nitrogen and oxygen atoms in total. The second-order valence-electron chi connectivity index (χ2n) is 6.11. The lowest BCUT2D eigenvalue weighted by atomic mass is 10.1. The zero-order chi connectivity index (χ0) is 15.7. The summed E-state index contributed by atoms with van der Waals surface area (Å²) in [5.74, 6) is -0.247. The van der Waals surface area contributed by atoms with Crippen molar-refractivity contribution in [3.63, 3.8) is 0 Å². The van der Waals surface area contributed by atoms with Crippen LogP contribution in [0.3, 0.4) is 0 Å². The highest BCUT2D eigenvalue weighted by Crippen LogP contribution is 2.34. The van der Waals surface area contributed by atoms with Crippen LogP contribution in [0.4, 0.5) is 0 Å². The molecule has 1 atom stereocenters. The molecule has 0 bridgehead atoms. The molecule has 9 heteroatoms. The Morgan fingerprint density at radius 3 is 2.59 bits per heavy atom. The monoisotopic (exact) mass is 327 g/mol. The Kier molecular flexibility index (Phi) is 4.16. The van der Waals surface area contributed by atoms with E-state index in [-0.39, 0.29) is 17.7 Å². The van der Waals surface area contributed by atoms with Gasteiger partial charge in [0.15, 0.2) is 15.7 Å². The van der Waals surface area contributed by atoms with Crippen LogP contribution >= 0.6 is 0 Å². The summed E-state index contributed by atoms with van der Waals surface area (Å²) in [5.41, 5.74) is 0. The van der Waals surface area contributed by atoms with E-state index in [2.05, 4.69) is 15.5 Å². The third kappa shape index (κ3) is 3.13. The van der Waals surface area contributed by atoms with Crippen molar-refractivity contribution in [2.75, 3.05) is 13.1 Å². The van der Waals surface area contributed by atoms with Gasteiger partial charge in [0.1, 0.15) is 11.0 Å². The van der Waals surface area contributed by atoms with Crippen molar-refractivity contribution in [1.82, 2.24) is 25.1 Å². The van der Waals surface area contributed by atoms with Gasteiger partial charge in [-0.05, 0) is 49.5 Å². The number of tetrazole rings is 1. The quantitative estimate of drug-likeness (QED) is 0.772. The molecule has 2 heterocycles. The Labute approximate surface area is 129 Å². The van der Waals surface area contributed by atoms with E-state index in [1.165, 1.54) is 6.92 Å². The van der Waals surface area contributed by atoms with Gasteiger partial charge in [-0.2, -0.15) is 0 Å². The van der Waals surface area contributed by atoms with Gasteiger partial charge in [-0.1, -0.05) is 0 Å². The first-order chi connectivity index (χ1) is 10.5. The second kappa shape index (κ2) is 5.94. The number of carbonyl (C=O) groups is 1. The highest BCUT2D eigenvalue weighted by molar-refractivity contribution is 7.92. The Hall–Kier alpha value is -1.51. The SMILES string of the molecule is C[C@H](C(=O)N1CCCCC1)S(=O)(=O)Cc1nnnn1C1CC1. The average molecular weight is 327 g/mol. The molecule has 1 saturated heterocycles. The van der Waals surface area contributed by atoms with Gasteiger partial charge in [-0.15, -0.1) is 5.10 Å². The summed E-state index contributed by atoms with van der Waals surface area (Å²) in [6.07, 6.45) is 4.93. The molecule has 0 spiro atoms. The van der Waals surface area contributed by atoms with Crippen LogP contribution in [0.15, 0.2) is 0 Å². The first-order valence-electron chi connectivity index (χ1n) is 7.76. The Bertz CT molecular complexity index is 646. The molecule has 122 valence electrons. The summed E-state index contributed by atoms with van der Waals surface area (Å²) in [6.45, 7) is 2.77. The zero-order valence-corrected chi connectivity index (χ0v) is 13.5. The maximum atomic E-state index is 12.5. The molecule has 1 aromatic heterocycles. The van der Waals surface area contributed by atoms with Gasteiger partial charge in [0.2, 0.25) is 5.91 Å². The van der Waals surface area contributed by atoms with Gasteiger partial charge >= 0.3 is 0 Å². The first-order valence-corrected chi connectivity index (χ1v) is 9.47. The van der Waals surface area contributed by atoms with Crippen LogP contribution < -0.4 is 0 Å². The number of sulfone groups is 1. The van der Waals surface area contributed by atoms with E-state index in [9.17, 15) is 13.2 Å². The first kappa shape index (κ1) is 15.4. The average Bonchev–Trinajstić information content (AvgIpc) is 3.27. The third-order valence-corrected chi connectivity index (χ3v) is 6.28. The number of nitrogens with zero attached hydrogens (tertiary/aromatic N) is 5. The second-order valence-corrected chi connectivity index (χ2v) is 8.43. The zero-order valence-electron chi connectivity index (χ0n) is 12.7. The predicted molar refractivity (Wildman–Crippen MR) is 78.6 cm³/mol. The van der Waals surface area contributed by atoms with E-state index in [0.29, 0.717) is 18.9 Å². The van der Waals surface area contributed by atoms with Crippen LogP contribution in [0.25, 0.3) is 0 Å². The Morgan fingerprint density at radius 1 is 1.27 bits per heavy atom. The summed E-state index contributed by atoms with van der Waals surface area (Å²) >= 11 is 0. The van der Waals surface area contributed by atoms with Crippen molar-refractivity contribution in [1.29, 1.82) is 0 Å². The number of piperidine rings is 1. The van der Waals surface area contributed by atoms with E-state index >= 15 is 0 Å². The lowest BCUT2D eigenvalue weighted by Crippen LogP contribution is -2.44. The number of carbonyl (C=O) groups excluding carboxylic acids is 1. The minimum Gasteiger partial charge on any atom is -0.342 e. The van der Waals surface area contributed by atoms with Crippen molar-refractivity contribution in [2.45, 2.75) is 56.1 Å². The summed E-state index contributed by atoms with van der Waals surface area (Å²) in [4.78, 5) is 14.1. The van der Waals surface area contributed by atoms with Gasteiger partial charge in [-0.25, -0.2) is 13.1 Å². The minimum absolute atomic E-state index is 0.216. The maximum absolute atomic E-state index is 12.5. The molecule has 0 aromatic carbocycles. The third-order valence-electron chi connectivity index (χ3n) is 4.34. The molecule has 1 saturated carbocycles. The Morgan fingerprint density at radius 2 is 1.95 bits per heavy atom. The van der Waals surface area contributed by atoms with Gasteiger partial charge in [0.05, 0.1) is 6.04 Å². The molecule has 2 aliphatic rings. The van der Waals surface area contributed by atoms with Crippen molar-refractivity contribution in [3.8, 4) is 0 Å². The lowest BCUT2D eigenvalue weighted by Gasteiger charge is -2.29. The van der Waals surface area contributed by atoms with Crippen LogP contribution in [0.2, 0.25) is 0 Å². The Balaban J connectivity index is 1.71. The van der Waals surface area contributed by atoms with Gasteiger partial charge in [0, 0.05) is 13.1 Å². The van der Waals surface area contributed by atoms with Crippen LogP contribution in [-0.2, 0) is 20.4 Å². The number of hydrogen-bond donors (Lipinski definition) is 0. The maximum Gasteiger partial charge on any atom is 0.240 e. The smallest absolute Gasteiger partial charge is 0.240 e. The molecule has 0 N–H and O–H groups in total. The van der Waals surface area contributed by atoms with Crippen LogP contribution in [0, 0.1) is 0 Å². The van der Waals surface area contributed by atoms with Crippen LogP contribution in [0.1, 0.15) is 50.9 Å². The summed E-state index contributed by atoms with van der Waals surface area (Å²) in [5, 5.41) is 10.2. The largest absolute Gasteiger partial charge is 0.342 e. The molecule has 0 radical (unpaired) electrons. The van der Waals surface area contributed by atoms with E-state index in [0.717, 1.165) is 32.1 Å². The van der Waals surface area contributed by atoms with Gasteiger partial charge < -0.3 is 4.90 Å². The molecule has 0 unspecified atom stereocenters. The fourth-order valence-corrected chi connectivity index (χ4v) is 4.00. The standard InChI is InChI=1S/C13H21N5O3S/c1-10(13(19)17-7-3-2-4-8-17)22(20,21)9-12-14-15-16-18(12)11-5-6-11/h10-11H,2-9H2,1H3/t10-/m1/s1. The fourth-order valence-electron chi connectivity index (χ4n) is 2.74. The summed E-state index contributed by atoms with van der Waals surface area (Å²) < 4.78 is 26.6. The topological polar surface area (TPSA) is 98.1 Å². The molecular formula is C13H21N5O3S. The number of rotatable bonds is 5. The molecular weight excluding hydrogens is 306 g/mol. The van der Waals surface area contributed by atoms with Crippen molar-refractivity contribution >= 4 is 15.7 Å². The molecule has 1 aliphatic carbocycles. The molecule has 22 heavy (non-hydrogen) atoms. The van der Waals surface area contributed by atoms with E-state index in [1.807, 2.05) is 0 Å². The normalized spacial score (nSPS) is 20.9. The molecule has 1 amide bonds. The molecule has 3 rings (SSSR count). The number of hydrogen-bond acceptors (Lipinski definition) is 6. The van der Waals surface area contributed by atoms with Gasteiger partial charge in [0.25, 0.3) is 0 Å². The summed E-state index contributed by atoms with van der Waals surface area (Å²) in [7, 11) is -3.61. The molecule has 1 aromatic rings. The van der Waals surface area contributed by atoms with E-state index in [4.69, 9.17) is 0 Å². The van der Waals surface area contributed by atoms with E-state index < -0.39 is 15.1 Å². The number of likely N-dealkylation sites (tertiary alicyclic amines) is 1. The lowest BCUT2D eigenvalue weighted by molar-refractivity contribution is -0.131. The predicted octanol–water partition coefficient (Wildman–Crippen LogP) is 0.324. The highest BCUT2D eigenvalue weighted by atomic mass is 32.2. The van der Waals surface area contributed by atoms with Crippen molar-refractivity contribution in [3.05, 3.63) is 5.82 Å². The van der Waals surface area contributed by atoms with Gasteiger partial charge in [-0.3, -0.25) is 4.79 Å². The minimum atomic E-state index is -3.61. The number of amides is 1. The molecule has 2 fully saturated rings. The van der Waals surface area contributed by atoms with Crippen LogP contribution in [0.5, 0.6) is 0 Å². The van der Waals surface area contributed by atoms with Crippen molar-refractivity contribution < 1.29 is 13.2 Å². The van der Waals surface area contributed by atoms with E-state index in [1.54, 1.807) is 9.58 Å². The van der Waals surface area contributed by atoms with Crippen molar-refractivity contribution in [2.24, 2.45) is 0 Å². The number of aromatic nitrogens is 4. The fraction of sp³-hybridized carbons (Fsp3) is 0.846. The van der Waals surface area contributed by atoms with Crippen LogP contribution in [-0.4, -0.2) is 57.8 Å². The summed E-state index contributed by atoms with van der Waals surface area (Å²) in [6, 6.07) is 0.216.